The lowest BCUT2D eigenvalue weighted by atomic mass is 9.79. The van der Waals surface area contributed by atoms with Crippen molar-refractivity contribution in [2.24, 2.45) is 5.92 Å². The lowest BCUT2D eigenvalue weighted by Crippen LogP contribution is -2.48. The van der Waals surface area contributed by atoms with Crippen LogP contribution in [0.3, 0.4) is 0 Å². The molecular weight excluding hydrogens is 312 g/mol. The number of methoxy groups -OCH3 is 1. The highest BCUT2D eigenvalue weighted by Gasteiger charge is 2.39. The summed E-state index contributed by atoms with van der Waals surface area (Å²) < 4.78 is 4.85. The number of aryl methyl sites for hydroxylation is 1. The van der Waals surface area contributed by atoms with Crippen molar-refractivity contribution in [1.82, 2.24) is 9.97 Å². The molecule has 0 saturated heterocycles. The zero-order valence-electron chi connectivity index (χ0n) is 12.6. The minimum absolute atomic E-state index is 0.0322. The highest BCUT2D eigenvalue weighted by Crippen LogP contribution is 2.37. The molecule has 1 aliphatic rings. The van der Waals surface area contributed by atoms with Gasteiger partial charge in [-0.15, -0.1) is 0 Å². The molecule has 0 N–H and O–H groups in total. The van der Waals surface area contributed by atoms with Crippen molar-refractivity contribution in [3.63, 3.8) is 0 Å². The van der Waals surface area contributed by atoms with Gasteiger partial charge in [0.05, 0.1) is 12.0 Å². The van der Waals surface area contributed by atoms with Gasteiger partial charge in [0.2, 0.25) is 11.1 Å². The van der Waals surface area contributed by atoms with E-state index in [-0.39, 0.29) is 28.4 Å². The Morgan fingerprint density at radius 3 is 2.59 bits per heavy atom. The molecule has 0 aliphatic heterocycles. The monoisotopic (exact) mass is 328 g/mol. The van der Waals surface area contributed by atoms with Gasteiger partial charge in [-0.25, -0.2) is 9.78 Å². The van der Waals surface area contributed by atoms with E-state index in [9.17, 15) is 14.9 Å². The van der Waals surface area contributed by atoms with Gasteiger partial charge in [0, 0.05) is 7.05 Å². The Balaban J connectivity index is 2.48. The highest BCUT2D eigenvalue weighted by atomic mass is 35.5. The van der Waals surface area contributed by atoms with Crippen LogP contribution in [0.25, 0.3) is 0 Å². The number of esters is 1. The molecule has 1 fully saturated rings. The van der Waals surface area contributed by atoms with Crippen LogP contribution in [0.1, 0.15) is 25.0 Å². The average molecular weight is 329 g/mol. The fraction of sp³-hybridized carbons (Fsp3) is 0.615. The van der Waals surface area contributed by atoms with Gasteiger partial charge < -0.3 is 9.64 Å². The first-order valence-electron chi connectivity index (χ1n) is 6.86. The summed E-state index contributed by atoms with van der Waals surface area (Å²) in [7, 11) is 2.89. The van der Waals surface area contributed by atoms with Gasteiger partial charge in [0.25, 0.3) is 0 Å². The fourth-order valence-electron chi connectivity index (χ4n) is 2.65. The number of carbonyl (C=O) groups excluding carboxylic acids is 1. The number of ether oxygens (including phenoxy) is 1. The lowest BCUT2D eigenvalue weighted by molar-refractivity contribution is -0.385. The summed E-state index contributed by atoms with van der Waals surface area (Å²) in [6.07, 6.45) is 2.77. The zero-order chi connectivity index (χ0) is 16.4. The normalized spacial score (nSPS) is 15.8. The predicted octanol–water partition coefficient (Wildman–Crippen LogP) is 2.12. The number of aromatic nitrogens is 2. The van der Waals surface area contributed by atoms with Crippen LogP contribution in [-0.2, 0) is 9.53 Å². The number of hydrogen-bond donors (Lipinski definition) is 0. The van der Waals surface area contributed by atoms with Crippen molar-refractivity contribution in [3.8, 4) is 0 Å². The maximum atomic E-state index is 12.1. The summed E-state index contributed by atoms with van der Waals surface area (Å²) in [6, 6.07) is -0.622. The summed E-state index contributed by atoms with van der Waals surface area (Å²) in [4.78, 5) is 32.1. The van der Waals surface area contributed by atoms with Crippen LogP contribution in [0.15, 0.2) is 0 Å². The van der Waals surface area contributed by atoms with Gasteiger partial charge in [-0.1, -0.05) is 6.42 Å². The van der Waals surface area contributed by atoms with Crippen molar-refractivity contribution in [2.75, 3.05) is 19.1 Å². The Hall–Kier alpha value is -1.96. The minimum atomic E-state index is -0.622. The van der Waals surface area contributed by atoms with E-state index in [0.29, 0.717) is 0 Å². The van der Waals surface area contributed by atoms with E-state index in [1.807, 2.05) is 0 Å². The van der Waals surface area contributed by atoms with E-state index in [2.05, 4.69) is 9.97 Å². The second kappa shape index (κ2) is 6.43. The summed E-state index contributed by atoms with van der Waals surface area (Å²) in [6.45, 7) is 1.49. The number of carbonyl (C=O) groups is 1. The summed E-state index contributed by atoms with van der Waals surface area (Å²) in [5, 5.41) is 11.2. The van der Waals surface area contributed by atoms with Gasteiger partial charge in [0.15, 0.2) is 0 Å². The molecule has 0 amide bonds. The summed E-state index contributed by atoms with van der Waals surface area (Å²) >= 11 is 5.83. The van der Waals surface area contributed by atoms with Crippen molar-refractivity contribution in [2.45, 2.75) is 32.2 Å². The summed E-state index contributed by atoms with van der Waals surface area (Å²) in [5.74, 6) is -0.315. The molecule has 22 heavy (non-hydrogen) atoms. The van der Waals surface area contributed by atoms with Crippen molar-refractivity contribution >= 4 is 29.1 Å². The molecule has 120 valence electrons. The third kappa shape index (κ3) is 2.96. The topological polar surface area (TPSA) is 98.5 Å². The molecule has 2 rings (SSSR count). The van der Waals surface area contributed by atoms with E-state index >= 15 is 0 Å². The highest BCUT2D eigenvalue weighted by molar-refractivity contribution is 6.28. The van der Waals surface area contributed by atoms with Crippen LogP contribution in [0.2, 0.25) is 5.28 Å². The number of rotatable bonds is 5. The van der Waals surface area contributed by atoms with Crippen LogP contribution in [0.5, 0.6) is 0 Å². The number of nitro groups is 1. The first kappa shape index (κ1) is 16.4. The van der Waals surface area contributed by atoms with Crippen molar-refractivity contribution in [3.05, 3.63) is 21.1 Å². The molecule has 1 heterocycles. The second-order valence-electron chi connectivity index (χ2n) is 5.28. The fourth-order valence-corrected chi connectivity index (χ4v) is 2.86. The van der Waals surface area contributed by atoms with Gasteiger partial charge in [-0.05, 0) is 37.3 Å². The molecule has 0 unspecified atom stereocenters. The van der Waals surface area contributed by atoms with Crippen LogP contribution < -0.4 is 4.90 Å². The molecule has 1 saturated carbocycles. The van der Waals surface area contributed by atoms with E-state index in [1.54, 1.807) is 7.05 Å². The molecule has 0 spiro atoms. The van der Waals surface area contributed by atoms with E-state index in [0.717, 1.165) is 19.3 Å². The molecule has 1 aliphatic carbocycles. The summed E-state index contributed by atoms with van der Waals surface area (Å²) in [5.41, 5.74) is -0.0933. The first-order valence-corrected chi connectivity index (χ1v) is 7.23. The maximum Gasteiger partial charge on any atom is 0.332 e. The number of halogens is 1. The van der Waals surface area contributed by atoms with Crippen molar-refractivity contribution in [1.29, 1.82) is 0 Å². The Morgan fingerprint density at radius 2 is 2.14 bits per heavy atom. The maximum absolute atomic E-state index is 12.1. The predicted molar refractivity (Wildman–Crippen MR) is 80.0 cm³/mol. The smallest absolute Gasteiger partial charge is 0.332 e. The largest absolute Gasteiger partial charge is 0.467 e. The van der Waals surface area contributed by atoms with Gasteiger partial charge in [-0.3, -0.25) is 10.1 Å². The third-order valence-corrected chi connectivity index (χ3v) is 4.15. The molecule has 8 nitrogen and oxygen atoms in total. The third-order valence-electron chi connectivity index (χ3n) is 3.99. The second-order valence-corrected chi connectivity index (χ2v) is 5.62. The number of hydrogen-bond acceptors (Lipinski definition) is 7. The Bertz CT molecular complexity index is 606. The van der Waals surface area contributed by atoms with Gasteiger partial charge >= 0.3 is 11.7 Å². The van der Waals surface area contributed by atoms with Crippen LogP contribution in [0, 0.1) is 23.0 Å². The van der Waals surface area contributed by atoms with Gasteiger partial charge in [0.1, 0.15) is 11.7 Å². The Labute approximate surface area is 132 Å². The molecule has 0 aromatic carbocycles. The van der Waals surface area contributed by atoms with Crippen LogP contribution in [0.4, 0.5) is 11.5 Å². The van der Waals surface area contributed by atoms with E-state index in [4.69, 9.17) is 16.3 Å². The van der Waals surface area contributed by atoms with E-state index in [1.165, 1.54) is 18.9 Å². The number of nitrogens with zero attached hydrogens (tertiary/aromatic N) is 4. The Morgan fingerprint density at radius 1 is 1.50 bits per heavy atom. The average Bonchev–Trinajstić information content (AvgIpc) is 2.39. The molecule has 9 heteroatoms. The number of anilines is 1. The first-order chi connectivity index (χ1) is 10.4. The lowest BCUT2D eigenvalue weighted by Gasteiger charge is -2.37. The van der Waals surface area contributed by atoms with Crippen LogP contribution in [-0.4, -0.2) is 41.1 Å². The zero-order valence-corrected chi connectivity index (χ0v) is 13.3. The Kier molecular flexibility index (Phi) is 4.80. The molecule has 1 aromatic rings. The van der Waals surface area contributed by atoms with E-state index < -0.39 is 16.9 Å². The molecule has 0 bridgehead atoms. The van der Waals surface area contributed by atoms with Crippen molar-refractivity contribution < 1.29 is 14.5 Å². The standard InChI is InChI=1S/C13H17ClN4O4/c1-7-9(18(20)21)11(16-13(14)15-7)17(2)10(12(19)22-3)8-5-4-6-8/h8,10H,4-6H2,1-3H3/t10-/m0/s1. The molecular formula is C13H17ClN4O4. The molecule has 0 radical (unpaired) electrons. The minimum Gasteiger partial charge on any atom is -0.467 e. The number of likely N-dealkylation sites (N-methyl/N-ethyl adjacent to an activating group) is 1. The molecule has 1 aromatic heterocycles. The van der Waals surface area contributed by atoms with Crippen LogP contribution >= 0.6 is 11.6 Å². The van der Waals surface area contributed by atoms with Gasteiger partial charge in [-0.2, -0.15) is 4.98 Å². The SMILES string of the molecule is COC(=O)[C@H](C1CCC1)N(C)c1nc(Cl)nc(C)c1[N+](=O)[O-]. The quantitative estimate of drug-likeness (QED) is 0.353. The molecule has 1 atom stereocenters.